The average Bonchev–Trinajstić information content (AvgIpc) is 2.59. The van der Waals surface area contributed by atoms with Crippen LogP contribution in [0.25, 0.3) is 0 Å². The number of oxime groups is 1. The molecular weight excluding hydrogens is 304 g/mol. The number of ether oxygens (including phenoxy) is 1. The zero-order chi connectivity index (χ0) is 17.4. The van der Waals surface area contributed by atoms with Crippen LogP contribution in [0.4, 0.5) is 0 Å². The number of amides is 1. The summed E-state index contributed by atoms with van der Waals surface area (Å²) in [5, 5.41) is 6.64. The van der Waals surface area contributed by atoms with Crippen LogP contribution in [0.5, 0.6) is 5.75 Å². The smallest absolute Gasteiger partial charge is 0.273 e. The fraction of sp³-hybridized carbons (Fsp3) is 0.263. The van der Waals surface area contributed by atoms with Crippen LogP contribution in [0.2, 0.25) is 0 Å². The Bertz CT molecular complexity index is 726. The lowest BCUT2D eigenvalue weighted by Gasteiger charge is -2.13. The molecule has 0 saturated heterocycles. The maximum absolute atomic E-state index is 12.3. The van der Waals surface area contributed by atoms with Crippen LogP contribution in [-0.2, 0) is 16.2 Å². The predicted molar refractivity (Wildman–Crippen MR) is 94.2 cm³/mol. The second-order valence-corrected chi connectivity index (χ2v) is 5.19. The SMILES string of the molecule is CCNC(=O)C(=NOC)c1ccccc1COc1ccccc1C. The summed E-state index contributed by atoms with van der Waals surface area (Å²) in [6, 6.07) is 15.3. The first-order valence-electron chi connectivity index (χ1n) is 7.83. The number of benzene rings is 2. The van der Waals surface area contributed by atoms with Gasteiger partial charge in [-0.15, -0.1) is 0 Å². The normalized spacial score (nSPS) is 11.0. The standard InChI is InChI=1S/C19H22N2O3/c1-4-20-19(22)18(21-23-3)16-11-7-6-10-15(16)13-24-17-12-8-5-9-14(17)2/h5-12H,4,13H2,1-3H3,(H,20,22). The van der Waals surface area contributed by atoms with Crippen molar-refractivity contribution in [3.63, 3.8) is 0 Å². The van der Waals surface area contributed by atoms with E-state index in [1.165, 1.54) is 7.11 Å². The lowest BCUT2D eigenvalue weighted by atomic mass is 10.0. The highest BCUT2D eigenvalue weighted by Crippen LogP contribution is 2.19. The molecule has 0 aliphatic heterocycles. The van der Waals surface area contributed by atoms with Gasteiger partial charge in [0.2, 0.25) is 0 Å². The van der Waals surface area contributed by atoms with Crippen molar-refractivity contribution in [2.45, 2.75) is 20.5 Å². The summed E-state index contributed by atoms with van der Waals surface area (Å²) >= 11 is 0. The molecular formula is C19H22N2O3. The minimum absolute atomic E-state index is 0.239. The number of carbonyl (C=O) groups excluding carboxylic acids is 1. The van der Waals surface area contributed by atoms with Crippen molar-refractivity contribution in [1.29, 1.82) is 0 Å². The predicted octanol–water partition coefficient (Wildman–Crippen LogP) is 3.06. The van der Waals surface area contributed by atoms with Gasteiger partial charge in [-0.2, -0.15) is 0 Å². The van der Waals surface area contributed by atoms with E-state index in [4.69, 9.17) is 9.57 Å². The van der Waals surface area contributed by atoms with Gasteiger partial charge >= 0.3 is 0 Å². The molecule has 0 aromatic heterocycles. The first-order valence-corrected chi connectivity index (χ1v) is 7.83. The fourth-order valence-corrected chi connectivity index (χ4v) is 2.30. The van der Waals surface area contributed by atoms with Gasteiger partial charge in [-0.1, -0.05) is 47.6 Å². The van der Waals surface area contributed by atoms with Crippen LogP contribution in [0.3, 0.4) is 0 Å². The molecule has 0 saturated carbocycles. The molecule has 0 aliphatic carbocycles. The fourth-order valence-electron chi connectivity index (χ4n) is 2.30. The Morgan fingerprint density at radius 1 is 1.12 bits per heavy atom. The highest BCUT2D eigenvalue weighted by Gasteiger charge is 2.18. The third kappa shape index (κ3) is 4.35. The first kappa shape index (κ1) is 17.5. The molecule has 2 aromatic rings. The highest BCUT2D eigenvalue weighted by molar-refractivity contribution is 6.45. The molecule has 0 heterocycles. The minimum atomic E-state index is -0.275. The van der Waals surface area contributed by atoms with Gasteiger partial charge in [0, 0.05) is 12.1 Å². The second-order valence-electron chi connectivity index (χ2n) is 5.19. The summed E-state index contributed by atoms with van der Waals surface area (Å²) in [5.41, 5.74) is 2.86. The van der Waals surface area contributed by atoms with Crippen molar-refractivity contribution in [2.75, 3.05) is 13.7 Å². The summed E-state index contributed by atoms with van der Waals surface area (Å²) < 4.78 is 5.90. The van der Waals surface area contributed by atoms with Gasteiger partial charge in [-0.25, -0.2) is 0 Å². The average molecular weight is 326 g/mol. The summed E-state index contributed by atoms with van der Waals surface area (Å²) in [4.78, 5) is 17.1. The molecule has 0 bridgehead atoms. The number of nitrogens with one attached hydrogen (secondary N) is 1. The number of likely N-dealkylation sites (N-methyl/N-ethyl adjacent to an activating group) is 1. The molecule has 0 unspecified atom stereocenters. The highest BCUT2D eigenvalue weighted by atomic mass is 16.6. The summed E-state index contributed by atoms with van der Waals surface area (Å²) in [7, 11) is 1.42. The Labute approximate surface area is 142 Å². The molecule has 2 rings (SSSR count). The van der Waals surface area contributed by atoms with Crippen molar-refractivity contribution < 1.29 is 14.4 Å². The van der Waals surface area contributed by atoms with Crippen LogP contribution in [0.1, 0.15) is 23.6 Å². The number of hydrogen-bond donors (Lipinski definition) is 1. The molecule has 24 heavy (non-hydrogen) atoms. The lowest BCUT2D eigenvalue weighted by Crippen LogP contribution is -2.32. The maximum Gasteiger partial charge on any atom is 0.273 e. The van der Waals surface area contributed by atoms with Gasteiger partial charge in [0.05, 0.1) is 0 Å². The van der Waals surface area contributed by atoms with Crippen molar-refractivity contribution in [1.82, 2.24) is 5.32 Å². The Morgan fingerprint density at radius 3 is 2.54 bits per heavy atom. The number of rotatable bonds is 7. The molecule has 0 radical (unpaired) electrons. The molecule has 0 atom stereocenters. The lowest BCUT2D eigenvalue weighted by molar-refractivity contribution is -0.114. The molecule has 1 N–H and O–H groups in total. The van der Waals surface area contributed by atoms with E-state index in [-0.39, 0.29) is 11.6 Å². The molecule has 5 heteroatoms. The number of aryl methyl sites for hydroxylation is 1. The zero-order valence-corrected chi connectivity index (χ0v) is 14.2. The van der Waals surface area contributed by atoms with E-state index in [2.05, 4.69) is 10.5 Å². The maximum atomic E-state index is 12.3. The van der Waals surface area contributed by atoms with E-state index in [1.807, 2.05) is 62.4 Å². The Balaban J connectivity index is 2.27. The van der Waals surface area contributed by atoms with E-state index in [0.717, 1.165) is 16.9 Å². The molecule has 1 amide bonds. The van der Waals surface area contributed by atoms with E-state index in [9.17, 15) is 4.79 Å². The Hall–Kier alpha value is -2.82. The van der Waals surface area contributed by atoms with E-state index in [0.29, 0.717) is 18.7 Å². The zero-order valence-electron chi connectivity index (χ0n) is 14.2. The van der Waals surface area contributed by atoms with Gasteiger partial charge in [-0.05, 0) is 31.0 Å². The number of hydrogen-bond acceptors (Lipinski definition) is 4. The molecule has 0 fully saturated rings. The van der Waals surface area contributed by atoms with Crippen molar-refractivity contribution in [2.24, 2.45) is 5.16 Å². The Kier molecular flexibility index (Phi) is 6.37. The quantitative estimate of drug-likeness (QED) is 0.628. The summed E-state index contributed by atoms with van der Waals surface area (Å²) in [6.45, 7) is 4.70. The van der Waals surface area contributed by atoms with E-state index in [1.54, 1.807) is 0 Å². The molecule has 126 valence electrons. The first-order chi connectivity index (χ1) is 11.7. The van der Waals surface area contributed by atoms with Crippen molar-refractivity contribution in [3.05, 3.63) is 65.2 Å². The largest absolute Gasteiger partial charge is 0.489 e. The second kappa shape index (κ2) is 8.72. The van der Waals surface area contributed by atoms with Gasteiger partial charge in [0.15, 0.2) is 5.71 Å². The number of para-hydroxylation sites is 1. The third-order valence-corrected chi connectivity index (χ3v) is 3.48. The van der Waals surface area contributed by atoms with Gasteiger partial charge in [0.25, 0.3) is 5.91 Å². The van der Waals surface area contributed by atoms with Crippen LogP contribution < -0.4 is 10.1 Å². The number of nitrogens with zero attached hydrogens (tertiary/aromatic N) is 1. The Morgan fingerprint density at radius 2 is 1.83 bits per heavy atom. The summed E-state index contributed by atoms with van der Waals surface area (Å²) in [6.07, 6.45) is 0. The molecule has 5 nitrogen and oxygen atoms in total. The summed E-state index contributed by atoms with van der Waals surface area (Å²) in [5.74, 6) is 0.540. The van der Waals surface area contributed by atoms with Crippen LogP contribution in [-0.4, -0.2) is 25.3 Å². The van der Waals surface area contributed by atoms with Crippen LogP contribution >= 0.6 is 0 Å². The van der Waals surface area contributed by atoms with Gasteiger partial charge in [0.1, 0.15) is 19.5 Å². The minimum Gasteiger partial charge on any atom is -0.489 e. The molecule has 0 aliphatic rings. The van der Waals surface area contributed by atoms with Crippen molar-refractivity contribution >= 4 is 11.6 Å². The molecule has 2 aromatic carbocycles. The molecule has 0 spiro atoms. The number of carbonyl (C=O) groups is 1. The van der Waals surface area contributed by atoms with Crippen LogP contribution in [0, 0.1) is 6.92 Å². The van der Waals surface area contributed by atoms with Gasteiger partial charge in [-0.3, -0.25) is 4.79 Å². The van der Waals surface area contributed by atoms with E-state index >= 15 is 0 Å². The van der Waals surface area contributed by atoms with Gasteiger partial charge < -0.3 is 14.9 Å². The third-order valence-electron chi connectivity index (χ3n) is 3.48. The van der Waals surface area contributed by atoms with Crippen molar-refractivity contribution in [3.8, 4) is 5.75 Å². The van der Waals surface area contributed by atoms with Crippen LogP contribution in [0.15, 0.2) is 53.7 Å². The monoisotopic (exact) mass is 326 g/mol. The van der Waals surface area contributed by atoms with E-state index < -0.39 is 0 Å². The topological polar surface area (TPSA) is 59.9 Å².